The van der Waals surface area contributed by atoms with Gasteiger partial charge >= 0.3 is 0 Å². The molecule has 3 heterocycles. The number of aryl methyl sites for hydroxylation is 1. The number of nitrogens with zero attached hydrogens (tertiary/aromatic N) is 2. The number of hydrogen-bond donors (Lipinski definition) is 1. The van der Waals surface area contributed by atoms with Gasteiger partial charge in [-0.3, -0.25) is 4.79 Å². The lowest BCUT2D eigenvalue weighted by Crippen LogP contribution is -2.32. The Labute approximate surface area is 140 Å². The number of carbonyl (C=O) groups is 1. The number of ether oxygens (including phenoxy) is 2. The number of nitrogens with one attached hydrogen (secondary N) is 1. The van der Waals surface area contributed by atoms with Crippen LogP contribution in [0.15, 0.2) is 24.5 Å². The van der Waals surface area contributed by atoms with Gasteiger partial charge in [-0.2, -0.15) is 0 Å². The van der Waals surface area contributed by atoms with Crippen LogP contribution in [0.25, 0.3) is 0 Å². The van der Waals surface area contributed by atoms with Crippen molar-refractivity contribution < 1.29 is 14.3 Å². The van der Waals surface area contributed by atoms with Gasteiger partial charge in [0.2, 0.25) is 5.91 Å². The quantitative estimate of drug-likeness (QED) is 0.940. The minimum absolute atomic E-state index is 0.0494. The third-order valence-electron chi connectivity index (χ3n) is 4.78. The molecule has 1 atom stereocenters. The fourth-order valence-corrected chi connectivity index (χ4v) is 3.56. The van der Waals surface area contributed by atoms with Crippen molar-refractivity contribution in [2.24, 2.45) is 0 Å². The molecule has 1 aromatic heterocycles. The van der Waals surface area contributed by atoms with Crippen LogP contribution in [-0.4, -0.2) is 40.5 Å². The summed E-state index contributed by atoms with van der Waals surface area (Å²) in [5.74, 6) is 1.69. The van der Waals surface area contributed by atoms with Crippen LogP contribution in [0.5, 0.6) is 11.5 Å². The molecule has 1 saturated heterocycles. The molecule has 1 N–H and O–H groups in total. The zero-order valence-electron chi connectivity index (χ0n) is 13.7. The summed E-state index contributed by atoms with van der Waals surface area (Å²) in [6, 6.07) is 5.99. The molecule has 0 radical (unpaired) electrons. The van der Waals surface area contributed by atoms with E-state index in [1.165, 1.54) is 0 Å². The van der Waals surface area contributed by atoms with E-state index in [9.17, 15) is 4.79 Å². The third-order valence-corrected chi connectivity index (χ3v) is 4.78. The molecule has 126 valence electrons. The number of hydrogen-bond acceptors (Lipinski definition) is 4. The molecule has 2 aliphatic heterocycles. The second kappa shape index (κ2) is 6.19. The fourth-order valence-electron chi connectivity index (χ4n) is 3.56. The molecule has 1 amide bonds. The zero-order valence-corrected chi connectivity index (χ0v) is 13.7. The topological polar surface area (TPSA) is 67.5 Å². The first-order chi connectivity index (χ1) is 11.7. The first kappa shape index (κ1) is 15.1. The predicted octanol–water partition coefficient (Wildman–Crippen LogP) is 2.40. The smallest absolute Gasteiger partial charge is 0.229 e. The van der Waals surface area contributed by atoms with Crippen molar-refractivity contribution in [3.05, 3.63) is 41.5 Å². The van der Waals surface area contributed by atoms with E-state index >= 15 is 0 Å². The van der Waals surface area contributed by atoms with Crippen LogP contribution in [0.1, 0.15) is 35.8 Å². The van der Waals surface area contributed by atoms with Crippen molar-refractivity contribution in [3.63, 3.8) is 0 Å². The average molecular weight is 327 g/mol. The SMILES string of the molecule is Cc1[nH]cnc1CC(=O)N1CCCC1c1cccc2c1OCCO2. The standard InChI is InChI=1S/C18H21N3O3/c1-12-14(20-11-19-12)10-17(22)21-7-3-5-15(21)13-4-2-6-16-18(13)24-9-8-23-16/h2,4,6,11,15H,3,5,7-10H2,1H3,(H,19,20). The fraction of sp³-hybridized carbons (Fsp3) is 0.444. The van der Waals surface area contributed by atoms with Gasteiger partial charge in [-0.25, -0.2) is 4.98 Å². The lowest BCUT2D eigenvalue weighted by atomic mass is 10.0. The number of aromatic amines is 1. The third kappa shape index (κ3) is 2.62. The molecule has 24 heavy (non-hydrogen) atoms. The van der Waals surface area contributed by atoms with Gasteiger partial charge in [0, 0.05) is 17.8 Å². The Morgan fingerprint density at radius 1 is 1.38 bits per heavy atom. The predicted molar refractivity (Wildman–Crippen MR) is 88.1 cm³/mol. The van der Waals surface area contributed by atoms with Gasteiger partial charge in [-0.1, -0.05) is 12.1 Å². The summed E-state index contributed by atoms with van der Waals surface area (Å²) < 4.78 is 11.5. The Morgan fingerprint density at radius 3 is 3.08 bits per heavy atom. The maximum absolute atomic E-state index is 12.8. The summed E-state index contributed by atoms with van der Waals surface area (Å²) >= 11 is 0. The maximum atomic E-state index is 12.8. The molecule has 0 saturated carbocycles. The molecular formula is C18H21N3O3. The highest BCUT2D eigenvalue weighted by Gasteiger charge is 2.33. The van der Waals surface area contributed by atoms with E-state index in [-0.39, 0.29) is 11.9 Å². The van der Waals surface area contributed by atoms with Crippen LogP contribution in [0.4, 0.5) is 0 Å². The second-order valence-corrected chi connectivity index (χ2v) is 6.27. The molecular weight excluding hydrogens is 306 g/mol. The monoisotopic (exact) mass is 327 g/mol. The highest BCUT2D eigenvalue weighted by atomic mass is 16.6. The number of rotatable bonds is 3. The molecule has 2 aromatic rings. The van der Waals surface area contributed by atoms with Crippen molar-refractivity contribution in [1.82, 2.24) is 14.9 Å². The number of carbonyl (C=O) groups excluding carboxylic acids is 1. The van der Waals surface area contributed by atoms with Crippen molar-refractivity contribution in [1.29, 1.82) is 0 Å². The Bertz CT molecular complexity index is 756. The molecule has 1 unspecified atom stereocenters. The maximum Gasteiger partial charge on any atom is 0.229 e. The van der Waals surface area contributed by atoms with E-state index in [0.717, 1.165) is 47.8 Å². The lowest BCUT2D eigenvalue weighted by Gasteiger charge is -2.29. The number of aromatic nitrogens is 2. The van der Waals surface area contributed by atoms with E-state index in [2.05, 4.69) is 9.97 Å². The Balaban J connectivity index is 1.59. The van der Waals surface area contributed by atoms with Gasteiger partial charge in [0.15, 0.2) is 11.5 Å². The van der Waals surface area contributed by atoms with Gasteiger partial charge in [-0.15, -0.1) is 0 Å². The average Bonchev–Trinajstić information content (AvgIpc) is 3.24. The molecule has 0 spiro atoms. The molecule has 4 rings (SSSR count). The minimum Gasteiger partial charge on any atom is -0.486 e. The molecule has 0 bridgehead atoms. The van der Waals surface area contributed by atoms with Crippen LogP contribution >= 0.6 is 0 Å². The second-order valence-electron chi connectivity index (χ2n) is 6.27. The first-order valence-electron chi connectivity index (χ1n) is 8.41. The number of benzene rings is 1. The highest BCUT2D eigenvalue weighted by molar-refractivity contribution is 5.79. The van der Waals surface area contributed by atoms with Gasteiger partial charge in [-0.05, 0) is 25.8 Å². The van der Waals surface area contributed by atoms with Crippen LogP contribution in [0.2, 0.25) is 0 Å². The molecule has 0 aliphatic carbocycles. The summed E-state index contributed by atoms with van der Waals surface area (Å²) in [6.45, 7) is 3.84. The zero-order chi connectivity index (χ0) is 16.5. The molecule has 6 heteroatoms. The van der Waals surface area contributed by atoms with Crippen LogP contribution in [0, 0.1) is 6.92 Å². The molecule has 1 aromatic carbocycles. The Morgan fingerprint density at radius 2 is 2.25 bits per heavy atom. The van der Waals surface area contributed by atoms with Crippen LogP contribution in [-0.2, 0) is 11.2 Å². The molecule has 2 aliphatic rings. The Kier molecular flexibility index (Phi) is 3.88. The minimum atomic E-state index is 0.0494. The summed E-state index contributed by atoms with van der Waals surface area (Å²) in [5.41, 5.74) is 2.82. The van der Waals surface area contributed by atoms with Gasteiger partial charge < -0.3 is 19.4 Å². The van der Waals surface area contributed by atoms with E-state index in [1.54, 1.807) is 6.33 Å². The van der Waals surface area contributed by atoms with Crippen molar-refractivity contribution in [2.45, 2.75) is 32.2 Å². The van der Waals surface area contributed by atoms with Crippen molar-refractivity contribution in [3.8, 4) is 11.5 Å². The van der Waals surface area contributed by atoms with Gasteiger partial charge in [0.25, 0.3) is 0 Å². The largest absolute Gasteiger partial charge is 0.486 e. The van der Waals surface area contributed by atoms with E-state index in [4.69, 9.17) is 9.47 Å². The van der Waals surface area contributed by atoms with E-state index < -0.39 is 0 Å². The first-order valence-corrected chi connectivity index (χ1v) is 8.41. The Hall–Kier alpha value is -2.50. The van der Waals surface area contributed by atoms with Crippen molar-refractivity contribution >= 4 is 5.91 Å². The summed E-state index contributed by atoms with van der Waals surface area (Å²) in [5, 5.41) is 0. The van der Waals surface area contributed by atoms with Crippen LogP contribution in [0.3, 0.4) is 0 Å². The summed E-state index contributed by atoms with van der Waals surface area (Å²) in [7, 11) is 0. The molecule has 1 fully saturated rings. The van der Waals surface area contributed by atoms with Crippen LogP contribution < -0.4 is 9.47 Å². The number of fused-ring (bicyclic) bond motifs is 1. The number of H-pyrrole nitrogens is 1. The highest BCUT2D eigenvalue weighted by Crippen LogP contribution is 2.42. The van der Waals surface area contributed by atoms with E-state index in [1.807, 2.05) is 30.0 Å². The van der Waals surface area contributed by atoms with Gasteiger partial charge in [0.1, 0.15) is 13.2 Å². The number of amides is 1. The van der Waals surface area contributed by atoms with E-state index in [0.29, 0.717) is 19.6 Å². The number of imidazole rings is 1. The normalized spacial score (nSPS) is 19.5. The summed E-state index contributed by atoms with van der Waals surface area (Å²) in [6.07, 6.45) is 3.92. The summed E-state index contributed by atoms with van der Waals surface area (Å²) in [4.78, 5) is 22.1. The van der Waals surface area contributed by atoms with Gasteiger partial charge in [0.05, 0.1) is 24.5 Å². The number of para-hydroxylation sites is 1. The lowest BCUT2D eigenvalue weighted by molar-refractivity contribution is -0.131. The molecule has 6 nitrogen and oxygen atoms in total. The van der Waals surface area contributed by atoms with Crippen molar-refractivity contribution in [2.75, 3.05) is 19.8 Å². The number of likely N-dealkylation sites (tertiary alicyclic amines) is 1.